The van der Waals surface area contributed by atoms with Crippen LogP contribution in [0.25, 0.3) is 0 Å². The Kier molecular flexibility index (Phi) is 6.76. The molecule has 1 rings (SSSR count). The summed E-state index contributed by atoms with van der Waals surface area (Å²) >= 11 is 0. The molecule has 0 fully saturated rings. The summed E-state index contributed by atoms with van der Waals surface area (Å²) in [6.07, 6.45) is 1.62. The van der Waals surface area contributed by atoms with Gasteiger partial charge in [-0.3, -0.25) is 9.59 Å². The molecule has 0 saturated carbocycles. The second kappa shape index (κ2) is 8.11. The van der Waals surface area contributed by atoms with Gasteiger partial charge in [-0.1, -0.05) is 39.8 Å². The van der Waals surface area contributed by atoms with Crippen LogP contribution in [0.4, 0.5) is 5.69 Å². The zero-order valence-corrected chi connectivity index (χ0v) is 14.7. The molecule has 1 aromatic carbocycles. The van der Waals surface area contributed by atoms with E-state index < -0.39 is 17.4 Å². The molecular formula is C18H28N2O3. The van der Waals surface area contributed by atoms with Gasteiger partial charge in [0.1, 0.15) is 0 Å². The summed E-state index contributed by atoms with van der Waals surface area (Å²) in [5.41, 5.74) is 1.70. The summed E-state index contributed by atoms with van der Waals surface area (Å²) in [4.78, 5) is 24.0. The molecule has 1 aromatic rings. The maximum atomic E-state index is 12.1. The lowest BCUT2D eigenvalue weighted by Crippen LogP contribution is -2.47. The molecule has 5 nitrogen and oxygen atoms in total. The Morgan fingerprint density at radius 2 is 1.83 bits per heavy atom. The Morgan fingerprint density at radius 1 is 1.17 bits per heavy atom. The number of aryl methyl sites for hydroxylation is 2. The topological polar surface area (TPSA) is 78.4 Å². The van der Waals surface area contributed by atoms with Crippen molar-refractivity contribution in [2.45, 2.75) is 53.1 Å². The Morgan fingerprint density at radius 3 is 2.35 bits per heavy atom. The fraction of sp³-hybridized carbons (Fsp3) is 0.556. The van der Waals surface area contributed by atoms with Gasteiger partial charge in [0.25, 0.3) is 0 Å². The van der Waals surface area contributed by atoms with E-state index in [1.807, 2.05) is 45.9 Å². The van der Waals surface area contributed by atoms with Crippen LogP contribution in [0.1, 0.15) is 45.7 Å². The average molecular weight is 320 g/mol. The fourth-order valence-corrected chi connectivity index (χ4v) is 1.99. The standard InChI is InChI=1S/C18H28N2O3/c1-6-13-8-9-14(7-2)15(10-13)20-17(22)16(21)19-11-18(5,23)12(3)4/h8-10,12,23H,6-7,11H2,1-5H3,(H,19,21)(H,20,22). The number of amides is 2. The first kappa shape index (κ1) is 19.2. The number of rotatable bonds is 6. The zero-order valence-electron chi connectivity index (χ0n) is 14.7. The molecule has 1 atom stereocenters. The van der Waals surface area contributed by atoms with Gasteiger partial charge in [-0.25, -0.2) is 0 Å². The quantitative estimate of drug-likeness (QED) is 0.704. The van der Waals surface area contributed by atoms with Crippen molar-refractivity contribution in [2.24, 2.45) is 5.92 Å². The van der Waals surface area contributed by atoms with E-state index in [0.29, 0.717) is 5.69 Å². The molecule has 0 aliphatic rings. The number of hydrogen-bond acceptors (Lipinski definition) is 3. The van der Waals surface area contributed by atoms with Crippen molar-refractivity contribution in [1.82, 2.24) is 5.32 Å². The van der Waals surface area contributed by atoms with E-state index in [1.54, 1.807) is 6.92 Å². The van der Waals surface area contributed by atoms with E-state index in [9.17, 15) is 14.7 Å². The lowest BCUT2D eigenvalue weighted by molar-refractivity contribution is -0.137. The van der Waals surface area contributed by atoms with Gasteiger partial charge in [0.15, 0.2) is 0 Å². The number of anilines is 1. The molecule has 1 unspecified atom stereocenters. The first-order valence-electron chi connectivity index (χ1n) is 8.14. The third-order valence-corrected chi connectivity index (χ3v) is 4.27. The van der Waals surface area contributed by atoms with E-state index >= 15 is 0 Å². The van der Waals surface area contributed by atoms with Crippen molar-refractivity contribution in [3.8, 4) is 0 Å². The van der Waals surface area contributed by atoms with E-state index in [-0.39, 0.29) is 12.5 Å². The van der Waals surface area contributed by atoms with Crippen molar-refractivity contribution >= 4 is 17.5 Å². The fourth-order valence-electron chi connectivity index (χ4n) is 1.99. The van der Waals surface area contributed by atoms with Crippen molar-refractivity contribution in [3.05, 3.63) is 29.3 Å². The van der Waals surface area contributed by atoms with Gasteiger partial charge >= 0.3 is 11.8 Å². The number of benzene rings is 1. The molecule has 0 heterocycles. The van der Waals surface area contributed by atoms with Crippen LogP contribution in [0.2, 0.25) is 0 Å². The first-order chi connectivity index (χ1) is 10.7. The molecule has 0 saturated heterocycles. The van der Waals surface area contributed by atoms with E-state index in [2.05, 4.69) is 10.6 Å². The highest BCUT2D eigenvalue weighted by atomic mass is 16.3. The smallest absolute Gasteiger partial charge is 0.313 e. The molecule has 23 heavy (non-hydrogen) atoms. The number of hydrogen-bond donors (Lipinski definition) is 3. The SMILES string of the molecule is CCc1ccc(CC)c(NC(=O)C(=O)NCC(C)(O)C(C)C)c1. The van der Waals surface area contributed by atoms with Gasteiger partial charge in [-0.15, -0.1) is 0 Å². The Hall–Kier alpha value is -1.88. The maximum absolute atomic E-state index is 12.1. The number of nitrogens with one attached hydrogen (secondary N) is 2. The number of carbonyl (C=O) groups excluding carboxylic acids is 2. The molecule has 2 amide bonds. The Labute approximate surface area is 138 Å². The monoisotopic (exact) mass is 320 g/mol. The molecule has 0 aliphatic carbocycles. The normalized spacial score (nSPS) is 13.5. The molecule has 0 aliphatic heterocycles. The van der Waals surface area contributed by atoms with Crippen molar-refractivity contribution < 1.29 is 14.7 Å². The molecule has 0 bridgehead atoms. The molecule has 0 aromatic heterocycles. The average Bonchev–Trinajstić information content (AvgIpc) is 2.52. The summed E-state index contributed by atoms with van der Waals surface area (Å²) in [6.45, 7) is 9.41. The molecule has 0 spiro atoms. The number of carbonyl (C=O) groups is 2. The summed E-state index contributed by atoms with van der Waals surface area (Å²) in [7, 11) is 0. The third kappa shape index (κ3) is 5.36. The van der Waals surface area contributed by atoms with Crippen molar-refractivity contribution in [2.75, 3.05) is 11.9 Å². The molecule has 3 N–H and O–H groups in total. The Balaban J connectivity index is 2.74. The van der Waals surface area contributed by atoms with Crippen molar-refractivity contribution in [3.63, 3.8) is 0 Å². The third-order valence-electron chi connectivity index (χ3n) is 4.27. The lowest BCUT2D eigenvalue weighted by Gasteiger charge is -2.27. The van der Waals surface area contributed by atoms with Gasteiger partial charge in [0.05, 0.1) is 5.60 Å². The van der Waals surface area contributed by atoms with Crippen LogP contribution in [0, 0.1) is 5.92 Å². The predicted octanol–water partition coefficient (Wildman–Crippen LogP) is 2.27. The van der Waals surface area contributed by atoms with Gasteiger partial charge in [0, 0.05) is 12.2 Å². The predicted molar refractivity (Wildman–Crippen MR) is 92.3 cm³/mol. The van der Waals surface area contributed by atoms with Crippen LogP contribution in [0.5, 0.6) is 0 Å². The summed E-state index contributed by atoms with van der Waals surface area (Å²) < 4.78 is 0. The van der Waals surface area contributed by atoms with Gasteiger partial charge in [-0.2, -0.15) is 0 Å². The van der Waals surface area contributed by atoms with E-state index in [1.165, 1.54) is 0 Å². The van der Waals surface area contributed by atoms with Crippen LogP contribution in [0.3, 0.4) is 0 Å². The van der Waals surface area contributed by atoms with Crippen LogP contribution < -0.4 is 10.6 Å². The molecule has 5 heteroatoms. The molecule has 128 valence electrons. The van der Waals surface area contributed by atoms with Gasteiger partial charge < -0.3 is 15.7 Å². The summed E-state index contributed by atoms with van der Waals surface area (Å²) in [6, 6.07) is 5.89. The van der Waals surface area contributed by atoms with Crippen LogP contribution in [-0.2, 0) is 22.4 Å². The second-order valence-corrected chi connectivity index (χ2v) is 6.35. The second-order valence-electron chi connectivity index (χ2n) is 6.35. The first-order valence-corrected chi connectivity index (χ1v) is 8.14. The maximum Gasteiger partial charge on any atom is 0.313 e. The largest absolute Gasteiger partial charge is 0.388 e. The minimum absolute atomic E-state index is 0.0289. The highest BCUT2D eigenvalue weighted by Crippen LogP contribution is 2.19. The summed E-state index contributed by atoms with van der Waals surface area (Å²) in [5, 5.41) is 15.3. The van der Waals surface area contributed by atoms with Crippen molar-refractivity contribution in [1.29, 1.82) is 0 Å². The van der Waals surface area contributed by atoms with Gasteiger partial charge in [-0.05, 0) is 42.9 Å². The Bertz CT molecular complexity index is 565. The zero-order chi connectivity index (χ0) is 17.6. The van der Waals surface area contributed by atoms with Gasteiger partial charge in [0.2, 0.25) is 0 Å². The van der Waals surface area contributed by atoms with E-state index in [0.717, 1.165) is 24.0 Å². The molecule has 0 radical (unpaired) electrons. The minimum Gasteiger partial charge on any atom is -0.388 e. The van der Waals surface area contributed by atoms with Crippen LogP contribution >= 0.6 is 0 Å². The van der Waals surface area contributed by atoms with Crippen LogP contribution in [0.15, 0.2) is 18.2 Å². The van der Waals surface area contributed by atoms with Crippen LogP contribution in [-0.4, -0.2) is 29.1 Å². The highest BCUT2D eigenvalue weighted by molar-refractivity contribution is 6.39. The number of aliphatic hydroxyl groups is 1. The van der Waals surface area contributed by atoms with E-state index in [4.69, 9.17) is 0 Å². The minimum atomic E-state index is -1.05. The summed E-state index contributed by atoms with van der Waals surface area (Å²) in [5.74, 6) is -1.49. The molecular weight excluding hydrogens is 292 g/mol. The highest BCUT2D eigenvalue weighted by Gasteiger charge is 2.26. The lowest BCUT2D eigenvalue weighted by atomic mass is 9.92.